The highest BCUT2D eigenvalue weighted by molar-refractivity contribution is 5.40. The lowest BCUT2D eigenvalue weighted by Crippen LogP contribution is -2.50. The van der Waals surface area contributed by atoms with Crippen LogP contribution in [0, 0.1) is 6.92 Å². The van der Waals surface area contributed by atoms with Crippen molar-refractivity contribution >= 4 is 0 Å². The van der Waals surface area contributed by atoms with Gasteiger partial charge in [-0.1, -0.05) is 6.92 Å². The molecule has 1 aromatic heterocycles. The number of aliphatic hydroxyl groups is 3. The number of nitrogens with one attached hydrogen (secondary N) is 1. The van der Waals surface area contributed by atoms with Crippen molar-refractivity contribution in [3.05, 3.63) is 23.0 Å². The highest BCUT2D eigenvalue weighted by Crippen LogP contribution is 2.24. The van der Waals surface area contributed by atoms with Gasteiger partial charge in [-0.05, 0) is 13.3 Å². The highest BCUT2D eigenvalue weighted by Gasteiger charge is 2.26. The topological polar surface area (TPSA) is 106 Å². The maximum absolute atomic E-state index is 9.99. The molecule has 0 aromatic carbocycles. The van der Waals surface area contributed by atoms with E-state index < -0.39 is 5.54 Å². The maximum atomic E-state index is 9.99. The highest BCUT2D eigenvalue weighted by atomic mass is 16.3. The molecule has 1 rings (SSSR count). The van der Waals surface area contributed by atoms with Gasteiger partial charge in [0.15, 0.2) is 0 Å². The number of rotatable bonds is 7. The summed E-state index contributed by atoms with van der Waals surface area (Å²) in [6, 6.07) is 0. The van der Waals surface area contributed by atoms with Crippen molar-refractivity contribution in [2.75, 3.05) is 13.2 Å². The van der Waals surface area contributed by atoms with E-state index >= 15 is 0 Å². The first-order chi connectivity index (χ1) is 9.03. The molecule has 0 radical (unpaired) electrons. The van der Waals surface area contributed by atoms with Crippen LogP contribution in [0.1, 0.15) is 30.2 Å². The molecule has 0 amide bonds. The number of hydrogen-bond donors (Lipinski definition) is 5. The van der Waals surface area contributed by atoms with E-state index in [1.54, 1.807) is 6.92 Å². The molecule has 108 valence electrons. The van der Waals surface area contributed by atoms with Crippen LogP contribution >= 0.6 is 0 Å². The molecule has 1 heterocycles. The number of aromatic nitrogens is 1. The van der Waals surface area contributed by atoms with Gasteiger partial charge in [0, 0.05) is 23.9 Å². The average molecular weight is 270 g/mol. The molecule has 0 unspecified atom stereocenters. The van der Waals surface area contributed by atoms with E-state index in [0.717, 1.165) is 0 Å². The first kappa shape index (κ1) is 15.8. The lowest BCUT2D eigenvalue weighted by Gasteiger charge is -2.30. The number of aryl methyl sites for hydroxylation is 1. The molecule has 0 aliphatic carbocycles. The van der Waals surface area contributed by atoms with Crippen LogP contribution < -0.4 is 5.32 Å². The molecule has 0 bridgehead atoms. The summed E-state index contributed by atoms with van der Waals surface area (Å²) in [5.41, 5.74) is 0.742. The zero-order valence-electron chi connectivity index (χ0n) is 11.3. The Hall–Kier alpha value is -1.21. The summed E-state index contributed by atoms with van der Waals surface area (Å²) in [7, 11) is 0. The van der Waals surface area contributed by atoms with Gasteiger partial charge in [0.25, 0.3) is 0 Å². The molecule has 0 saturated carbocycles. The van der Waals surface area contributed by atoms with Crippen LogP contribution in [0.5, 0.6) is 5.75 Å². The third-order valence-electron chi connectivity index (χ3n) is 3.52. The van der Waals surface area contributed by atoms with Crippen LogP contribution in [-0.4, -0.2) is 44.2 Å². The van der Waals surface area contributed by atoms with E-state index in [9.17, 15) is 20.4 Å². The largest absolute Gasteiger partial charge is 0.506 e. The molecule has 6 heteroatoms. The van der Waals surface area contributed by atoms with Gasteiger partial charge < -0.3 is 25.7 Å². The predicted molar refractivity (Wildman–Crippen MR) is 70.6 cm³/mol. The number of aliphatic hydroxyl groups excluding tert-OH is 3. The normalized spacial score (nSPS) is 11.8. The number of aromatic hydroxyl groups is 1. The van der Waals surface area contributed by atoms with E-state index in [1.165, 1.54) is 6.20 Å². The zero-order valence-corrected chi connectivity index (χ0v) is 11.3. The Balaban J connectivity index is 2.96. The molecule has 0 aliphatic rings. The van der Waals surface area contributed by atoms with Crippen LogP contribution in [0.2, 0.25) is 0 Å². The van der Waals surface area contributed by atoms with E-state index in [1.807, 2.05) is 6.92 Å². The van der Waals surface area contributed by atoms with Crippen molar-refractivity contribution in [3.8, 4) is 5.75 Å². The van der Waals surface area contributed by atoms with Gasteiger partial charge in [-0.25, -0.2) is 0 Å². The maximum Gasteiger partial charge on any atom is 0.141 e. The van der Waals surface area contributed by atoms with Gasteiger partial charge in [0.1, 0.15) is 5.75 Å². The van der Waals surface area contributed by atoms with E-state index in [0.29, 0.717) is 23.2 Å². The third-order valence-corrected chi connectivity index (χ3v) is 3.52. The minimum Gasteiger partial charge on any atom is -0.506 e. The third kappa shape index (κ3) is 3.42. The standard InChI is InChI=1S/C13H22N2O4/c1-3-13(7-17,8-18)15-5-11-10(6-16)4-14-9(2)12(11)19/h4,15-19H,3,5-8H2,1-2H3. The minimum absolute atomic E-state index is 0.0277. The fourth-order valence-electron chi connectivity index (χ4n) is 1.80. The smallest absolute Gasteiger partial charge is 0.141 e. The first-order valence-corrected chi connectivity index (χ1v) is 6.27. The van der Waals surface area contributed by atoms with Gasteiger partial charge in [-0.15, -0.1) is 0 Å². The second-order valence-corrected chi connectivity index (χ2v) is 4.66. The Morgan fingerprint density at radius 3 is 2.37 bits per heavy atom. The monoisotopic (exact) mass is 270 g/mol. The second kappa shape index (κ2) is 6.81. The summed E-state index contributed by atoms with van der Waals surface area (Å²) < 4.78 is 0. The van der Waals surface area contributed by atoms with Crippen LogP contribution in [-0.2, 0) is 13.2 Å². The van der Waals surface area contributed by atoms with Gasteiger partial charge in [0.05, 0.1) is 31.1 Å². The summed E-state index contributed by atoms with van der Waals surface area (Å²) >= 11 is 0. The van der Waals surface area contributed by atoms with Crippen LogP contribution in [0.15, 0.2) is 6.20 Å². The SMILES string of the molecule is CCC(CO)(CO)NCc1c(CO)cnc(C)c1O. The lowest BCUT2D eigenvalue weighted by atomic mass is 9.97. The summed E-state index contributed by atoms with van der Waals surface area (Å²) in [6.45, 7) is 3.11. The molecule has 19 heavy (non-hydrogen) atoms. The van der Waals surface area contributed by atoms with Gasteiger partial charge >= 0.3 is 0 Å². The van der Waals surface area contributed by atoms with Crippen LogP contribution in [0.25, 0.3) is 0 Å². The summed E-state index contributed by atoms with van der Waals surface area (Å²) in [5, 5.41) is 41.0. The molecule has 0 aliphatic heterocycles. The average Bonchev–Trinajstić information content (AvgIpc) is 2.45. The molecule has 0 spiro atoms. The van der Waals surface area contributed by atoms with Gasteiger partial charge in [0.2, 0.25) is 0 Å². The van der Waals surface area contributed by atoms with Crippen molar-refractivity contribution in [1.29, 1.82) is 0 Å². The lowest BCUT2D eigenvalue weighted by molar-refractivity contribution is 0.0860. The van der Waals surface area contributed by atoms with Crippen LogP contribution in [0.3, 0.4) is 0 Å². The molecular formula is C13H22N2O4. The molecule has 0 atom stereocenters. The van der Waals surface area contributed by atoms with Gasteiger partial charge in [-0.3, -0.25) is 4.98 Å². The predicted octanol–water partition coefficient (Wildman–Crippen LogP) is -0.189. The summed E-state index contributed by atoms with van der Waals surface area (Å²) in [6.07, 6.45) is 2.05. The van der Waals surface area contributed by atoms with Crippen molar-refractivity contribution < 1.29 is 20.4 Å². The Kier molecular flexibility index (Phi) is 5.68. The van der Waals surface area contributed by atoms with E-state index in [-0.39, 0.29) is 32.1 Å². The quantitative estimate of drug-likeness (QED) is 0.470. The fourth-order valence-corrected chi connectivity index (χ4v) is 1.80. The van der Waals surface area contributed by atoms with Crippen molar-refractivity contribution in [2.45, 2.75) is 39.0 Å². The minimum atomic E-state index is -0.795. The Bertz CT molecular complexity index is 411. The Labute approximate surface area is 112 Å². The molecule has 1 aromatic rings. The van der Waals surface area contributed by atoms with E-state index in [4.69, 9.17) is 0 Å². The van der Waals surface area contributed by atoms with Crippen molar-refractivity contribution in [1.82, 2.24) is 10.3 Å². The second-order valence-electron chi connectivity index (χ2n) is 4.66. The first-order valence-electron chi connectivity index (χ1n) is 6.27. The zero-order chi connectivity index (χ0) is 14.5. The number of pyridine rings is 1. The Morgan fingerprint density at radius 2 is 1.89 bits per heavy atom. The summed E-state index contributed by atoms with van der Waals surface area (Å²) in [4.78, 5) is 3.98. The van der Waals surface area contributed by atoms with Crippen molar-refractivity contribution in [2.24, 2.45) is 0 Å². The molecule has 6 nitrogen and oxygen atoms in total. The molecule has 5 N–H and O–H groups in total. The molecular weight excluding hydrogens is 248 g/mol. The number of nitrogens with zero attached hydrogens (tertiary/aromatic N) is 1. The molecule has 0 fully saturated rings. The van der Waals surface area contributed by atoms with E-state index in [2.05, 4.69) is 10.3 Å². The van der Waals surface area contributed by atoms with Gasteiger partial charge in [-0.2, -0.15) is 0 Å². The van der Waals surface area contributed by atoms with Crippen LogP contribution in [0.4, 0.5) is 0 Å². The Morgan fingerprint density at radius 1 is 1.26 bits per heavy atom. The number of hydrogen-bond acceptors (Lipinski definition) is 6. The fraction of sp³-hybridized carbons (Fsp3) is 0.615. The summed E-state index contributed by atoms with van der Waals surface area (Å²) in [5.74, 6) is 0.0277. The van der Waals surface area contributed by atoms with Crippen molar-refractivity contribution in [3.63, 3.8) is 0 Å². The molecule has 0 saturated heterocycles.